The Labute approximate surface area is 96.2 Å². The molecule has 0 aliphatic heterocycles. The van der Waals surface area contributed by atoms with Crippen LogP contribution in [0, 0.1) is 10.1 Å². The first-order valence-electron chi connectivity index (χ1n) is 4.12. The standard InChI is InChI=1S/C9H8N2O4S/c1-15-8-3-7(11(13)14)6(9(10)12)2-5(8)4-16/h2-4H,1H3,(H2,10,12). The molecule has 16 heavy (non-hydrogen) atoms. The number of hydrogen-bond acceptors (Lipinski definition) is 5. The molecule has 0 saturated heterocycles. The summed E-state index contributed by atoms with van der Waals surface area (Å²) in [7, 11) is 1.35. The molecule has 0 aromatic heterocycles. The molecule has 0 aliphatic carbocycles. The average Bonchev–Trinajstić information content (AvgIpc) is 2.26. The van der Waals surface area contributed by atoms with Crippen molar-refractivity contribution in [2.45, 2.75) is 0 Å². The fourth-order valence-corrected chi connectivity index (χ4v) is 1.39. The normalized spacial score (nSPS) is 9.56. The Morgan fingerprint density at radius 3 is 2.62 bits per heavy atom. The van der Waals surface area contributed by atoms with Crippen molar-refractivity contribution < 1.29 is 14.5 Å². The SMILES string of the molecule is COc1cc([N+](=O)[O-])c(C(N)=O)cc1C=S. The molecule has 0 unspecified atom stereocenters. The third-order valence-corrected chi connectivity index (χ3v) is 2.19. The number of nitrogens with two attached hydrogens (primary N) is 1. The third-order valence-electron chi connectivity index (χ3n) is 1.94. The van der Waals surface area contributed by atoms with Gasteiger partial charge < -0.3 is 10.5 Å². The van der Waals surface area contributed by atoms with Gasteiger partial charge in [0.25, 0.3) is 11.6 Å². The number of primary amides is 1. The number of nitrogens with zero attached hydrogens (tertiary/aromatic N) is 1. The molecule has 0 bridgehead atoms. The van der Waals surface area contributed by atoms with Crippen LogP contribution in [0.15, 0.2) is 12.1 Å². The van der Waals surface area contributed by atoms with Crippen LogP contribution in [0.4, 0.5) is 5.69 Å². The molecule has 0 heterocycles. The maximum absolute atomic E-state index is 11.0. The fourth-order valence-electron chi connectivity index (χ4n) is 1.20. The van der Waals surface area contributed by atoms with E-state index in [0.29, 0.717) is 5.56 Å². The largest absolute Gasteiger partial charge is 0.496 e. The summed E-state index contributed by atoms with van der Waals surface area (Å²) in [5.41, 5.74) is 4.84. The Morgan fingerprint density at radius 2 is 2.25 bits per heavy atom. The smallest absolute Gasteiger partial charge is 0.285 e. The van der Waals surface area contributed by atoms with Crippen LogP contribution in [0.1, 0.15) is 15.9 Å². The number of hydrogen-bond donors (Lipinski definition) is 1. The van der Waals surface area contributed by atoms with Crippen LogP contribution in [0.5, 0.6) is 5.75 Å². The number of methoxy groups -OCH3 is 1. The summed E-state index contributed by atoms with van der Waals surface area (Å²) >= 11 is 4.70. The summed E-state index contributed by atoms with van der Waals surface area (Å²) in [5, 5.41) is 12.0. The Bertz CT molecular complexity index is 473. The van der Waals surface area contributed by atoms with E-state index in [-0.39, 0.29) is 11.3 Å². The van der Waals surface area contributed by atoms with Crippen molar-refractivity contribution in [3.8, 4) is 5.75 Å². The number of carbonyl (C=O) groups excluding carboxylic acids is 1. The van der Waals surface area contributed by atoms with Crippen molar-refractivity contribution in [2.75, 3.05) is 7.11 Å². The van der Waals surface area contributed by atoms with Crippen molar-refractivity contribution in [2.24, 2.45) is 5.73 Å². The van der Waals surface area contributed by atoms with E-state index in [1.54, 1.807) is 0 Å². The van der Waals surface area contributed by atoms with Crippen molar-refractivity contribution in [3.63, 3.8) is 0 Å². The number of carbonyl (C=O) groups is 1. The van der Waals surface area contributed by atoms with Gasteiger partial charge in [0.05, 0.1) is 18.1 Å². The lowest BCUT2D eigenvalue weighted by atomic mass is 10.1. The van der Waals surface area contributed by atoms with E-state index in [2.05, 4.69) is 0 Å². The predicted molar refractivity (Wildman–Crippen MR) is 60.9 cm³/mol. The molecule has 1 aromatic carbocycles. The van der Waals surface area contributed by atoms with Gasteiger partial charge in [0.1, 0.15) is 11.3 Å². The average molecular weight is 240 g/mol. The number of ether oxygens (including phenoxy) is 1. The van der Waals surface area contributed by atoms with Crippen LogP contribution in [-0.2, 0) is 0 Å². The van der Waals surface area contributed by atoms with Gasteiger partial charge in [-0.1, -0.05) is 12.2 Å². The molecule has 1 aromatic rings. The molecule has 2 N–H and O–H groups in total. The van der Waals surface area contributed by atoms with Crippen LogP contribution < -0.4 is 10.5 Å². The first-order chi connectivity index (χ1) is 7.51. The van der Waals surface area contributed by atoms with Crippen molar-refractivity contribution >= 4 is 29.2 Å². The molecule has 0 fully saturated rings. The van der Waals surface area contributed by atoms with Gasteiger partial charge in [0, 0.05) is 10.9 Å². The molecule has 6 nitrogen and oxygen atoms in total. The second-order valence-corrected chi connectivity index (χ2v) is 3.09. The van der Waals surface area contributed by atoms with Gasteiger partial charge in [-0.05, 0) is 6.07 Å². The summed E-state index contributed by atoms with van der Waals surface area (Å²) in [5.74, 6) is -0.654. The minimum atomic E-state index is -0.882. The summed E-state index contributed by atoms with van der Waals surface area (Å²) in [6.45, 7) is 0. The monoisotopic (exact) mass is 240 g/mol. The second kappa shape index (κ2) is 4.67. The number of nitro benzene ring substituents is 1. The molecule has 0 saturated carbocycles. The summed E-state index contributed by atoms with van der Waals surface area (Å²) < 4.78 is 4.91. The van der Waals surface area contributed by atoms with E-state index in [1.165, 1.54) is 18.5 Å². The fraction of sp³-hybridized carbons (Fsp3) is 0.111. The summed E-state index contributed by atoms with van der Waals surface area (Å²) in [4.78, 5) is 21.0. The first-order valence-corrected chi connectivity index (χ1v) is 4.59. The maximum atomic E-state index is 11.0. The van der Waals surface area contributed by atoms with E-state index in [4.69, 9.17) is 22.7 Å². The number of rotatable bonds is 4. The highest BCUT2D eigenvalue weighted by Gasteiger charge is 2.21. The van der Waals surface area contributed by atoms with Gasteiger partial charge in [-0.15, -0.1) is 0 Å². The molecular weight excluding hydrogens is 232 g/mol. The molecule has 1 rings (SSSR count). The van der Waals surface area contributed by atoms with Crippen molar-refractivity contribution in [1.29, 1.82) is 0 Å². The Balaban J connectivity index is 3.53. The molecule has 7 heteroatoms. The lowest BCUT2D eigenvalue weighted by Gasteiger charge is -2.06. The molecule has 0 atom stereocenters. The highest BCUT2D eigenvalue weighted by molar-refractivity contribution is 7.79. The van der Waals surface area contributed by atoms with Gasteiger partial charge in [-0.25, -0.2) is 0 Å². The van der Waals surface area contributed by atoms with Crippen LogP contribution >= 0.6 is 12.2 Å². The van der Waals surface area contributed by atoms with Crippen molar-refractivity contribution in [1.82, 2.24) is 0 Å². The number of amides is 1. The van der Waals surface area contributed by atoms with Gasteiger partial charge in [0.15, 0.2) is 0 Å². The zero-order valence-electron chi connectivity index (χ0n) is 8.30. The lowest BCUT2D eigenvalue weighted by Crippen LogP contribution is -2.14. The number of benzene rings is 1. The zero-order valence-corrected chi connectivity index (χ0v) is 9.11. The molecular formula is C9H8N2O4S. The highest BCUT2D eigenvalue weighted by Crippen LogP contribution is 2.27. The van der Waals surface area contributed by atoms with E-state index in [0.717, 1.165) is 6.07 Å². The van der Waals surface area contributed by atoms with E-state index in [1.807, 2.05) is 0 Å². The van der Waals surface area contributed by atoms with Crippen LogP contribution in [0.25, 0.3) is 0 Å². The Kier molecular flexibility index (Phi) is 3.51. The van der Waals surface area contributed by atoms with Gasteiger partial charge in [0.2, 0.25) is 0 Å². The minimum Gasteiger partial charge on any atom is -0.496 e. The molecule has 0 aliphatic rings. The maximum Gasteiger partial charge on any atom is 0.285 e. The van der Waals surface area contributed by atoms with Crippen LogP contribution in [0.3, 0.4) is 0 Å². The highest BCUT2D eigenvalue weighted by atomic mass is 32.1. The molecule has 0 spiro atoms. The summed E-state index contributed by atoms with van der Waals surface area (Å²) in [6.07, 6.45) is 0. The van der Waals surface area contributed by atoms with Crippen molar-refractivity contribution in [3.05, 3.63) is 33.4 Å². The van der Waals surface area contributed by atoms with E-state index >= 15 is 0 Å². The Hall–Kier alpha value is -2.02. The van der Waals surface area contributed by atoms with Gasteiger partial charge in [-0.3, -0.25) is 14.9 Å². The predicted octanol–water partition coefficient (Wildman–Crippen LogP) is 1.05. The van der Waals surface area contributed by atoms with Gasteiger partial charge in [-0.2, -0.15) is 0 Å². The second-order valence-electron chi connectivity index (χ2n) is 2.85. The quantitative estimate of drug-likeness (QED) is 0.482. The molecule has 0 radical (unpaired) electrons. The molecule has 1 amide bonds. The third kappa shape index (κ3) is 2.14. The molecule has 84 valence electrons. The van der Waals surface area contributed by atoms with E-state index < -0.39 is 16.5 Å². The van der Waals surface area contributed by atoms with E-state index in [9.17, 15) is 14.9 Å². The first kappa shape index (κ1) is 12.1. The number of nitro groups is 1. The van der Waals surface area contributed by atoms with Gasteiger partial charge >= 0.3 is 0 Å². The Morgan fingerprint density at radius 1 is 1.62 bits per heavy atom. The van der Waals surface area contributed by atoms with Crippen LogP contribution in [-0.4, -0.2) is 23.3 Å². The zero-order chi connectivity index (χ0) is 12.3. The topological polar surface area (TPSA) is 95.5 Å². The van der Waals surface area contributed by atoms with Crippen LogP contribution in [0.2, 0.25) is 0 Å². The lowest BCUT2D eigenvalue weighted by molar-refractivity contribution is -0.385. The minimum absolute atomic E-state index is 0.193. The summed E-state index contributed by atoms with van der Waals surface area (Å²) in [6, 6.07) is 2.37. The number of thiocarbonyl (C=S) groups is 1.